The molecule has 0 fully saturated rings. The van der Waals surface area contributed by atoms with E-state index < -0.39 is 29.3 Å². The first kappa shape index (κ1) is 19.3. The topological polar surface area (TPSA) is 61.4 Å². The minimum atomic E-state index is -1.62. The van der Waals surface area contributed by atoms with E-state index >= 15 is 0 Å². The summed E-state index contributed by atoms with van der Waals surface area (Å²) in [6, 6.07) is 8.90. The van der Waals surface area contributed by atoms with Gasteiger partial charge in [0, 0.05) is 12.7 Å². The molecular weight excluding hydrogens is 347 g/mol. The van der Waals surface area contributed by atoms with E-state index in [1.165, 1.54) is 7.05 Å². The zero-order chi connectivity index (χ0) is 19.3. The van der Waals surface area contributed by atoms with Crippen LogP contribution < -0.4 is 10.6 Å². The summed E-state index contributed by atoms with van der Waals surface area (Å²) in [5.41, 5.74) is 1.31. The van der Waals surface area contributed by atoms with Gasteiger partial charge in [-0.05, 0) is 31.2 Å². The molecule has 138 valence electrons. The van der Waals surface area contributed by atoms with Gasteiger partial charge in [0.15, 0.2) is 17.5 Å². The van der Waals surface area contributed by atoms with Gasteiger partial charge in [0.05, 0.1) is 18.8 Å². The van der Waals surface area contributed by atoms with Crippen LogP contribution in [0.2, 0.25) is 0 Å². The Hall–Kier alpha value is -3.03. The number of benzene rings is 2. The lowest BCUT2D eigenvalue weighted by atomic mass is 10.2. The van der Waals surface area contributed by atoms with Crippen molar-refractivity contribution in [3.05, 3.63) is 59.4 Å². The molecule has 0 bridgehead atoms. The second-order valence-electron chi connectivity index (χ2n) is 5.74. The molecule has 0 atom stereocenters. The van der Waals surface area contributed by atoms with E-state index in [9.17, 15) is 22.8 Å². The monoisotopic (exact) mass is 365 g/mol. The highest BCUT2D eigenvalue weighted by atomic mass is 19.2. The van der Waals surface area contributed by atoms with Crippen molar-refractivity contribution in [1.82, 2.24) is 4.90 Å². The van der Waals surface area contributed by atoms with Crippen LogP contribution in [0.15, 0.2) is 36.4 Å². The Morgan fingerprint density at radius 3 is 2.31 bits per heavy atom. The molecule has 0 spiro atoms. The fourth-order valence-electron chi connectivity index (χ4n) is 2.11. The van der Waals surface area contributed by atoms with Crippen molar-refractivity contribution in [1.29, 1.82) is 0 Å². The minimum Gasteiger partial charge on any atom is -0.374 e. The van der Waals surface area contributed by atoms with Gasteiger partial charge in [-0.25, -0.2) is 13.2 Å². The van der Waals surface area contributed by atoms with Crippen molar-refractivity contribution in [2.24, 2.45) is 0 Å². The molecule has 2 aromatic carbocycles. The van der Waals surface area contributed by atoms with Gasteiger partial charge < -0.3 is 15.5 Å². The fourth-order valence-corrected chi connectivity index (χ4v) is 2.11. The third kappa shape index (κ3) is 4.98. The summed E-state index contributed by atoms with van der Waals surface area (Å²) in [6.45, 7) is 1.33. The molecule has 0 radical (unpaired) electrons. The Morgan fingerprint density at radius 2 is 1.65 bits per heavy atom. The third-order valence-corrected chi connectivity index (χ3v) is 3.61. The Kier molecular flexibility index (Phi) is 6.21. The molecular formula is C18H18F3N3O2. The van der Waals surface area contributed by atoms with E-state index in [2.05, 4.69) is 10.6 Å². The Labute approximate surface area is 148 Å². The van der Waals surface area contributed by atoms with Gasteiger partial charge in [-0.1, -0.05) is 17.7 Å². The number of carbonyl (C=O) groups is 2. The van der Waals surface area contributed by atoms with Gasteiger partial charge in [-0.3, -0.25) is 9.59 Å². The van der Waals surface area contributed by atoms with E-state index in [1.807, 2.05) is 19.1 Å². The lowest BCUT2D eigenvalue weighted by molar-refractivity contribution is -0.131. The number of amides is 2. The van der Waals surface area contributed by atoms with Crippen LogP contribution >= 0.6 is 0 Å². The summed E-state index contributed by atoms with van der Waals surface area (Å²) in [4.78, 5) is 25.1. The molecule has 0 unspecified atom stereocenters. The van der Waals surface area contributed by atoms with Crippen LogP contribution in [-0.2, 0) is 9.59 Å². The minimum absolute atomic E-state index is 0.214. The van der Waals surface area contributed by atoms with Gasteiger partial charge in [-0.15, -0.1) is 0 Å². The first-order valence-electron chi connectivity index (χ1n) is 7.75. The number of halogens is 3. The van der Waals surface area contributed by atoms with Crippen LogP contribution in [0, 0.1) is 24.4 Å². The van der Waals surface area contributed by atoms with E-state index in [-0.39, 0.29) is 18.8 Å². The van der Waals surface area contributed by atoms with Crippen molar-refractivity contribution >= 4 is 23.2 Å². The number of anilines is 2. The molecule has 5 nitrogen and oxygen atoms in total. The van der Waals surface area contributed by atoms with Crippen molar-refractivity contribution in [3.63, 3.8) is 0 Å². The summed E-state index contributed by atoms with van der Waals surface area (Å²) < 4.78 is 39.5. The SMILES string of the molecule is Cc1ccc(NC(=O)CN(C)C(=O)CNc2ccc(F)c(F)c2F)cc1. The number of nitrogens with zero attached hydrogens (tertiary/aromatic N) is 1. The van der Waals surface area contributed by atoms with Gasteiger partial charge in [0.25, 0.3) is 0 Å². The standard InChI is InChI=1S/C18H18F3N3O2/c1-11-3-5-12(6-4-11)23-15(25)10-24(2)16(26)9-22-14-8-7-13(19)17(20)18(14)21/h3-8,22H,9-10H2,1-2H3,(H,23,25). The van der Waals surface area contributed by atoms with Crippen molar-refractivity contribution in [3.8, 4) is 0 Å². The van der Waals surface area contributed by atoms with E-state index in [0.29, 0.717) is 5.69 Å². The molecule has 0 aliphatic heterocycles. The zero-order valence-corrected chi connectivity index (χ0v) is 14.3. The van der Waals surface area contributed by atoms with Crippen LogP contribution in [0.3, 0.4) is 0 Å². The highest BCUT2D eigenvalue weighted by Crippen LogP contribution is 2.19. The fraction of sp³-hybridized carbons (Fsp3) is 0.222. The molecule has 8 heteroatoms. The van der Waals surface area contributed by atoms with Gasteiger partial charge >= 0.3 is 0 Å². The molecule has 0 saturated carbocycles. The summed E-state index contributed by atoms with van der Waals surface area (Å²) in [6.07, 6.45) is 0. The predicted octanol–water partition coefficient (Wildman–Crippen LogP) is 2.92. The maximum atomic E-state index is 13.5. The summed E-state index contributed by atoms with van der Waals surface area (Å²) in [7, 11) is 1.40. The van der Waals surface area contributed by atoms with E-state index in [1.54, 1.807) is 12.1 Å². The van der Waals surface area contributed by atoms with Crippen LogP contribution in [0.4, 0.5) is 24.5 Å². The number of aryl methyl sites for hydroxylation is 1. The number of nitrogens with one attached hydrogen (secondary N) is 2. The van der Waals surface area contributed by atoms with Crippen LogP contribution in [0.1, 0.15) is 5.56 Å². The second kappa shape index (κ2) is 8.37. The normalized spacial score (nSPS) is 10.3. The first-order valence-corrected chi connectivity index (χ1v) is 7.75. The number of carbonyl (C=O) groups excluding carboxylic acids is 2. The Bertz CT molecular complexity index is 810. The van der Waals surface area contributed by atoms with Gasteiger partial charge in [0.1, 0.15) is 0 Å². The van der Waals surface area contributed by atoms with Crippen molar-refractivity contribution < 1.29 is 22.8 Å². The smallest absolute Gasteiger partial charge is 0.243 e. The molecule has 26 heavy (non-hydrogen) atoms. The first-order chi connectivity index (χ1) is 12.3. The highest BCUT2D eigenvalue weighted by Gasteiger charge is 2.16. The molecule has 0 saturated heterocycles. The molecule has 0 aliphatic rings. The van der Waals surface area contributed by atoms with E-state index in [0.717, 1.165) is 22.6 Å². The van der Waals surface area contributed by atoms with Gasteiger partial charge in [0.2, 0.25) is 11.8 Å². The lowest BCUT2D eigenvalue weighted by Gasteiger charge is -2.18. The largest absolute Gasteiger partial charge is 0.374 e. The molecule has 0 aromatic heterocycles. The summed E-state index contributed by atoms with van der Waals surface area (Å²) in [5, 5.41) is 5.03. The highest BCUT2D eigenvalue weighted by molar-refractivity contribution is 5.95. The number of rotatable bonds is 6. The number of likely N-dealkylation sites (N-methyl/N-ethyl adjacent to an activating group) is 1. The summed E-state index contributed by atoms with van der Waals surface area (Å²) >= 11 is 0. The van der Waals surface area contributed by atoms with Crippen molar-refractivity contribution in [2.45, 2.75) is 6.92 Å². The molecule has 0 heterocycles. The van der Waals surface area contributed by atoms with Crippen LogP contribution in [0.5, 0.6) is 0 Å². The van der Waals surface area contributed by atoms with Crippen LogP contribution in [0.25, 0.3) is 0 Å². The quantitative estimate of drug-likeness (QED) is 0.774. The molecule has 0 aliphatic carbocycles. The average molecular weight is 365 g/mol. The maximum Gasteiger partial charge on any atom is 0.243 e. The lowest BCUT2D eigenvalue weighted by Crippen LogP contribution is -2.38. The predicted molar refractivity (Wildman–Crippen MR) is 92.3 cm³/mol. The number of hydrogen-bond donors (Lipinski definition) is 2. The van der Waals surface area contributed by atoms with Crippen molar-refractivity contribution in [2.75, 3.05) is 30.8 Å². The molecule has 2 amide bonds. The summed E-state index contributed by atoms with van der Waals surface area (Å²) in [5.74, 6) is -5.26. The van der Waals surface area contributed by atoms with E-state index in [4.69, 9.17) is 0 Å². The molecule has 2 rings (SSSR count). The zero-order valence-electron chi connectivity index (χ0n) is 14.3. The average Bonchev–Trinajstić information content (AvgIpc) is 2.60. The number of hydrogen-bond acceptors (Lipinski definition) is 3. The maximum absolute atomic E-state index is 13.5. The Morgan fingerprint density at radius 1 is 1.00 bits per heavy atom. The second-order valence-corrected chi connectivity index (χ2v) is 5.74. The molecule has 2 aromatic rings. The van der Waals surface area contributed by atoms with Gasteiger partial charge in [-0.2, -0.15) is 0 Å². The third-order valence-electron chi connectivity index (χ3n) is 3.61. The van der Waals surface area contributed by atoms with Crippen LogP contribution in [-0.4, -0.2) is 36.9 Å². The molecule has 2 N–H and O–H groups in total. The Balaban J connectivity index is 1.86.